The summed E-state index contributed by atoms with van der Waals surface area (Å²) in [6.45, 7) is 0.225. The number of aliphatic carboxylic acids is 1. The molecule has 34 heavy (non-hydrogen) atoms. The van der Waals surface area contributed by atoms with Gasteiger partial charge in [0.05, 0.1) is 6.54 Å². The van der Waals surface area contributed by atoms with E-state index in [1.807, 2.05) is 30.3 Å². The third kappa shape index (κ3) is 8.03. The van der Waals surface area contributed by atoms with E-state index in [1.54, 1.807) is 0 Å². The van der Waals surface area contributed by atoms with Crippen LogP contribution in [0.5, 0.6) is 0 Å². The van der Waals surface area contributed by atoms with Gasteiger partial charge in [-0.2, -0.15) is 0 Å². The van der Waals surface area contributed by atoms with Crippen LogP contribution in [0.2, 0.25) is 0 Å². The maximum atomic E-state index is 13.2. The fourth-order valence-corrected chi connectivity index (χ4v) is 3.83. The van der Waals surface area contributed by atoms with Crippen LogP contribution in [0.3, 0.4) is 0 Å². The van der Waals surface area contributed by atoms with Gasteiger partial charge in [0.25, 0.3) is 0 Å². The Balaban J connectivity index is 2.20. The molecule has 0 radical (unpaired) electrons. The molecule has 1 aromatic rings. The van der Waals surface area contributed by atoms with Crippen molar-refractivity contribution in [3.8, 4) is 0 Å². The topological polar surface area (TPSA) is 206 Å². The number of nitrogens with zero attached hydrogens (tertiary/aromatic N) is 2. The number of likely N-dealkylation sites (tertiary alicyclic amines) is 1. The van der Waals surface area contributed by atoms with Crippen molar-refractivity contribution in [2.24, 2.45) is 22.2 Å². The number of carbonyl (C=O) groups is 4. The van der Waals surface area contributed by atoms with Crippen LogP contribution in [0.4, 0.5) is 0 Å². The predicted molar refractivity (Wildman–Crippen MR) is 125 cm³/mol. The minimum Gasteiger partial charge on any atom is -0.480 e. The first-order valence-corrected chi connectivity index (χ1v) is 11.1. The van der Waals surface area contributed by atoms with Crippen molar-refractivity contribution >= 4 is 29.7 Å². The number of nitrogens with one attached hydrogen (secondary N) is 2. The van der Waals surface area contributed by atoms with Gasteiger partial charge in [0.15, 0.2) is 5.96 Å². The van der Waals surface area contributed by atoms with Gasteiger partial charge < -0.3 is 37.8 Å². The first-order valence-electron chi connectivity index (χ1n) is 11.1. The average Bonchev–Trinajstić information content (AvgIpc) is 3.31. The van der Waals surface area contributed by atoms with Gasteiger partial charge in [-0.3, -0.25) is 19.4 Å². The van der Waals surface area contributed by atoms with Crippen molar-refractivity contribution in [1.82, 2.24) is 15.5 Å². The van der Waals surface area contributed by atoms with Gasteiger partial charge in [-0.05, 0) is 31.2 Å². The van der Waals surface area contributed by atoms with Crippen molar-refractivity contribution in [2.75, 3.05) is 19.6 Å². The van der Waals surface area contributed by atoms with E-state index in [0.29, 0.717) is 19.3 Å². The smallest absolute Gasteiger partial charge is 0.326 e. The Kier molecular flexibility index (Phi) is 10.3. The maximum Gasteiger partial charge on any atom is 0.326 e. The van der Waals surface area contributed by atoms with Crippen LogP contribution in [0.25, 0.3) is 0 Å². The van der Waals surface area contributed by atoms with Crippen molar-refractivity contribution < 1.29 is 24.3 Å². The number of carboxylic acids is 1. The van der Waals surface area contributed by atoms with E-state index < -0.39 is 41.8 Å². The number of amides is 3. The highest BCUT2D eigenvalue weighted by Gasteiger charge is 2.38. The molecule has 1 aromatic carbocycles. The van der Waals surface area contributed by atoms with Gasteiger partial charge >= 0.3 is 5.97 Å². The van der Waals surface area contributed by atoms with Gasteiger partial charge in [-0.25, -0.2) is 4.79 Å². The van der Waals surface area contributed by atoms with Gasteiger partial charge in [0.2, 0.25) is 17.7 Å². The zero-order valence-corrected chi connectivity index (χ0v) is 19.0. The molecule has 12 nitrogen and oxygen atoms in total. The van der Waals surface area contributed by atoms with E-state index in [4.69, 9.17) is 17.2 Å². The molecule has 0 spiro atoms. The van der Waals surface area contributed by atoms with Crippen LogP contribution in [-0.4, -0.2) is 77.4 Å². The van der Waals surface area contributed by atoms with Gasteiger partial charge in [-0.15, -0.1) is 0 Å². The summed E-state index contributed by atoms with van der Waals surface area (Å²) in [5, 5.41) is 14.8. The van der Waals surface area contributed by atoms with Crippen LogP contribution in [0.1, 0.15) is 31.2 Å². The molecule has 186 valence electrons. The van der Waals surface area contributed by atoms with Crippen molar-refractivity contribution in [2.45, 2.75) is 50.2 Å². The summed E-state index contributed by atoms with van der Waals surface area (Å²) in [4.78, 5) is 55.1. The number of hydrogen-bond donors (Lipinski definition) is 6. The lowest BCUT2D eigenvalue weighted by atomic mass is 10.0. The molecule has 2 rings (SSSR count). The average molecular weight is 476 g/mol. The Labute approximate surface area is 197 Å². The molecule has 0 unspecified atom stereocenters. The second-order valence-electron chi connectivity index (χ2n) is 8.05. The molecule has 0 aliphatic carbocycles. The SMILES string of the molecule is NCC(=O)N[C@@H](Cc1ccccc1)C(=O)N[C@@H](CCCN=C(N)N)C(=O)N1CCC[C@H]1C(=O)O. The third-order valence-corrected chi connectivity index (χ3v) is 5.50. The van der Waals surface area contributed by atoms with E-state index in [-0.39, 0.29) is 38.4 Å². The van der Waals surface area contributed by atoms with Crippen LogP contribution in [0.15, 0.2) is 35.3 Å². The first kappa shape index (κ1) is 26.6. The molecular weight excluding hydrogens is 442 g/mol. The van der Waals surface area contributed by atoms with Crippen molar-refractivity contribution in [3.63, 3.8) is 0 Å². The molecule has 1 aliphatic heterocycles. The zero-order valence-electron chi connectivity index (χ0n) is 19.0. The Morgan fingerprint density at radius 3 is 2.44 bits per heavy atom. The molecule has 0 bridgehead atoms. The predicted octanol–water partition coefficient (Wildman–Crippen LogP) is -1.71. The molecule has 0 aromatic heterocycles. The summed E-state index contributed by atoms with van der Waals surface area (Å²) >= 11 is 0. The number of rotatable bonds is 12. The second kappa shape index (κ2) is 13.1. The van der Waals surface area contributed by atoms with Gasteiger partial charge in [0.1, 0.15) is 18.1 Å². The highest BCUT2D eigenvalue weighted by atomic mass is 16.4. The van der Waals surface area contributed by atoms with E-state index >= 15 is 0 Å². The Bertz CT molecular complexity index is 889. The number of benzene rings is 1. The van der Waals surface area contributed by atoms with E-state index in [2.05, 4.69) is 15.6 Å². The van der Waals surface area contributed by atoms with E-state index in [0.717, 1.165) is 5.56 Å². The van der Waals surface area contributed by atoms with Crippen LogP contribution in [-0.2, 0) is 25.6 Å². The lowest BCUT2D eigenvalue weighted by Gasteiger charge is -2.28. The minimum atomic E-state index is -1.09. The van der Waals surface area contributed by atoms with Crippen LogP contribution >= 0.6 is 0 Å². The maximum absolute atomic E-state index is 13.2. The van der Waals surface area contributed by atoms with Crippen LogP contribution in [0, 0.1) is 0 Å². The standard InChI is InChI=1S/C22H33N7O5/c23-13-18(30)27-16(12-14-6-2-1-3-7-14)19(31)28-15(8-4-10-26-22(24)25)20(32)29-11-5-9-17(29)21(33)34/h1-3,6-7,15-17H,4-5,8-13,23H2,(H,27,30)(H,28,31)(H,33,34)(H4,24,25,26)/t15-,16-,17-/m0/s1. The van der Waals surface area contributed by atoms with Gasteiger partial charge in [-0.1, -0.05) is 30.3 Å². The Hall–Kier alpha value is -3.67. The third-order valence-electron chi connectivity index (χ3n) is 5.50. The Morgan fingerprint density at radius 1 is 1.12 bits per heavy atom. The summed E-state index contributed by atoms with van der Waals surface area (Å²) in [7, 11) is 0. The number of carboxylic acid groups (broad SMARTS) is 1. The Morgan fingerprint density at radius 2 is 1.82 bits per heavy atom. The lowest BCUT2D eigenvalue weighted by Crippen LogP contribution is -2.56. The van der Waals surface area contributed by atoms with Crippen molar-refractivity contribution in [1.29, 1.82) is 0 Å². The first-order chi connectivity index (χ1) is 16.2. The number of hydrogen-bond acceptors (Lipinski definition) is 6. The fraction of sp³-hybridized carbons (Fsp3) is 0.500. The van der Waals surface area contributed by atoms with Crippen molar-refractivity contribution in [3.05, 3.63) is 35.9 Å². The molecule has 3 amide bonds. The van der Waals surface area contributed by atoms with Crippen LogP contribution < -0.4 is 27.8 Å². The molecule has 0 saturated carbocycles. The number of carbonyl (C=O) groups excluding carboxylic acids is 3. The second-order valence-corrected chi connectivity index (χ2v) is 8.05. The highest BCUT2D eigenvalue weighted by Crippen LogP contribution is 2.20. The summed E-state index contributed by atoms with van der Waals surface area (Å²) in [5.74, 6) is -2.76. The molecular formula is C22H33N7O5. The lowest BCUT2D eigenvalue weighted by molar-refractivity contribution is -0.149. The highest BCUT2D eigenvalue weighted by molar-refractivity contribution is 5.94. The number of nitrogens with two attached hydrogens (primary N) is 3. The largest absolute Gasteiger partial charge is 0.480 e. The van der Waals surface area contributed by atoms with E-state index in [1.165, 1.54) is 4.90 Å². The molecule has 1 heterocycles. The zero-order chi connectivity index (χ0) is 25.1. The molecule has 9 N–H and O–H groups in total. The molecule has 1 fully saturated rings. The quantitative estimate of drug-likeness (QED) is 0.116. The molecule has 12 heteroatoms. The normalized spacial score (nSPS) is 16.9. The van der Waals surface area contributed by atoms with Gasteiger partial charge in [0, 0.05) is 19.5 Å². The number of aliphatic imine (C=N–C) groups is 1. The molecule has 1 saturated heterocycles. The fourth-order valence-electron chi connectivity index (χ4n) is 3.83. The monoisotopic (exact) mass is 475 g/mol. The summed E-state index contributed by atoms with van der Waals surface area (Å²) in [5.41, 5.74) is 16.9. The summed E-state index contributed by atoms with van der Waals surface area (Å²) in [6.07, 6.45) is 1.65. The summed E-state index contributed by atoms with van der Waals surface area (Å²) in [6, 6.07) is 6.16. The minimum absolute atomic E-state index is 0.0928. The summed E-state index contributed by atoms with van der Waals surface area (Å²) < 4.78 is 0. The molecule has 3 atom stereocenters. The molecule has 1 aliphatic rings. The van der Waals surface area contributed by atoms with E-state index in [9.17, 15) is 24.3 Å². The number of guanidine groups is 1.